The topological polar surface area (TPSA) is 72.1 Å². The molecule has 0 aromatic heterocycles. The highest BCUT2D eigenvalue weighted by Crippen LogP contribution is 2.38. The highest BCUT2D eigenvalue weighted by molar-refractivity contribution is 5.95. The van der Waals surface area contributed by atoms with E-state index in [1.807, 2.05) is 0 Å². The standard InChI is InChI=1S/C16H23N3O4/c1-19-7-5-12(6-8-19)17-18-16(20)11-9-13(21-2)15(23-4)14(10-11)22-3/h5,9-10,17H,6-8H2,1-4H3,(H,18,20). The second kappa shape index (κ2) is 7.73. The number of methoxy groups -OCH3 is 3. The van der Waals surface area contributed by atoms with Crippen LogP contribution < -0.4 is 25.1 Å². The zero-order chi connectivity index (χ0) is 16.8. The zero-order valence-corrected chi connectivity index (χ0v) is 13.9. The van der Waals surface area contributed by atoms with Gasteiger partial charge in [-0.3, -0.25) is 10.2 Å². The van der Waals surface area contributed by atoms with Gasteiger partial charge in [-0.1, -0.05) is 0 Å². The number of nitrogens with zero attached hydrogens (tertiary/aromatic N) is 1. The molecule has 1 aromatic rings. The van der Waals surface area contributed by atoms with Crippen molar-refractivity contribution in [2.24, 2.45) is 0 Å². The van der Waals surface area contributed by atoms with E-state index in [2.05, 4.69) is 28.9 Å². The van der Waals surface area contributed by atoms with Gasteiger partial charge < -0.3 is 24.5 Å². The summed E-state index contributed by atoms with van der Waals surface area (Å²) in [5, 5.41) is 0. The first kappa shape index (κ1) is 17.0. The molecule has 126 valence electrons. The summed E-state index contributed by atoms with van der Waals surface area (Å²) in [7, 11) is 6.61. The van der Waals surface area contributed by atoms with E-state index in [1.165, 1.54) is 21.3 Å². The first-order valence-corrected chi connectivity index (χ1v) is 7.33. The Hall–Kier alpha value is -2.41. The molecule has 0 unspecified atom stereocenters. The van der Waals surface area contributed by atoms with Gasteiger partial charge in [0.25, 0.3) is 5.91 Å². The number of carbonyl (C=O) groups excluding carboxylic acids is 1. The second-order valence-electron chi connectivity index (χ2n) is 5.23. The number of ether oxygens (including phenoxy) is 3. The molecular weight excluding hydrogens is 298 g/mol. The predicted molar refractivity (Wildman–Crippen MR) is 86.9 cm³/mol. The number of hydrogen-bond donors (Lipinski definition) is 2. The fraction of sp³-hybridized carbons (Fsp3) is 0.438. The number of hydrazine groups is 1. The van der Waals surface area contributed by atoms with Crippen LogP contribution in [0.5, 0.6) is 17.2 Å². The van der Waals surface area contributed by atoms with E-state index in [1.54, 1.807) is 12.1 Å². The molecule has 7 heteroatoms. The molecule has 1 heterocycles. The smallest absolute Gasteiger partial charge is 0.269 e. The molecule has 1 amide bonds. The van der Waals surface area contributed by atoms with Gasteiger partial charge in [-0.25, -0.2) is 0 Å². The van der Waals surface area contributed by atoms with Gasteiger partial charge in [0.2, 0.25) is 5.75 Å². The SMILES string of the molecule is COc1cc(C(=O)NNC2=CCN(C)CC2)cc(OC)c1OC. The predicted octanol–water partition coefficient (Wildman–Crippen LogP) is 1.17. The van der Waals surface area contributed by atoms with E-state index in [-0.39, 0.29) is 5.91 Å². The third kappa shape index (κ3) is 4.07. The minimum atomic E-state index is -0.274. The summed E-state index contributed by atoms with van der Waals surface area (Å²) in [5.74, 6) is 1.06. The molecule has 0 atom stereocenters. The van der Waals surface area contributed by atoms with E-state index in [4.69, 9.17) is 14.2 Å². The monoisotopic (exact) mass is 321 g/mol. The van der Waals surface area contributed by atoms with Gasteiger partial charge in [0.05, 0.1) is 21.3 Å². The van der Waals surface area contributed by atoms with Gasteiger partial charge in [-0.15, -0.1) is 0 Å². The molecule has 0 spiro atoms. The summed E-state index contributed by atoms with van der Waals surface area (Å²) >= 11 is 0. The van der Waals surface area contributed by atoms with Crippen molar-refractivity contribution in [2.75, 3.05) is 41.5 Å². The van der Waals surface area contributed by atoms with Gasteiger partial charge in [-0.2, -0.15) is 0 Å². The summed E-state index contributed by atoms with van der Waals surface area (Å²) in [6.45, 7) is 1.82. The van der Waals surface area contributed by atoms with E-state index < -0.39 is 0 Å². The third-order valence-corrected chi connectivity index (χ3v) is 3.68. The van der Waals surface area contributed by atoms with Crippen LogP contribution >= 0.6 is 0 Å². The molecule has 0 saturated carbocycles. The lowest BCUT2D eigenvalue weighted by molar-refractivity contribution is 0.0936. The van der Waals surface area contributed by atoms with Gasteiger partial charge >= 0.3 is 0 Å². The van der Waals surface area contributed by atoms with E-state index in [0.29, 0.717) is 22.8 Å². The molecule has 23 heavy (non-hydrogen) atoms. The maximum atomic E-state index is 12.3. The Balaban J connectivity index is 2.10. The number of carbonyl (C=O) groups is 1. The van der Waals surface area contributed by atoms with Crippen LogP contribution in [0.2, 0.25) is 0 Å². The Bertz CT molecular complexity index is 576. The van der Waals surface area contributed by atoms with Crippen molar-refractivity contribution in [3.05, 3.63) is 29.5 Å². The number of rotatable bonds is 6. The van der Waals surface area contributed by atoms with Crippen molar-refractivity contribution >= 4 is 5.91 Å². The molecule has 1 aliphatic rings. The lowest BCUT2D eigenvalue weighted by Crippen LogP contribution is -2.39. The van der Waals surface area contributed by atoms with Gasteiger partial charge in [0.1, 0.15) is 0 Å². The number of likely N-dealkylation sites (N-methyl/N-ethyl adjacent to an activating group) is 1. The summed E-state index contributed by atoms with van der Waals surface area (Å²) in [6, 6.07) is 3.22. The maximum Gasteiger partial charge on any atom is 0.269 e. The molecule has 0 bridgehead atoms. The molecule has 1 aromatic carbocycles. The van der Waals surface area contributed by atoms with E-state index in [0.717, 1.165) is 25.2 Å². The Morgan fingerprint density at radius 1 is 1.13 bits per heavy atom. The van der Waals surface area contributed by atoms with Gasteiger partial charge in [0, 0.05) is 30.8 Å². The molecule has 0 radical (unpaired) electrons. The maximum absolute atomic E-state index is 12.3. The Labute approximate surface area is 136 Å². The lowest BCUT2D eigenvalue weighted by atomic mass is 10.1. The van der Waals surface area contributed by atoms with Crippen molar-refractivity contribution in [3.8, 4) is 17.2 Å². The van der Waals surface area contributed by atoms with E-state index >= 15 is 0 Å². The highest BCUT2D eigenvalue weighted by atomic mass is 16.5. The van der Waals surface area contributed by atoms with Crippen molar-refractivity contribution in [1.29, 1.82) is 0 Å². The molecule has 0 saturated heterocycles. The van der Waals surface area contributed by atoms with Crippen molar-refractivity contribution in [1.82, 2.24) is 15.8 Å². The fourth-order valence-electron chi connectivity index (χ4n) is 2.31. The minimum absolute atomic E-state index is 0.274. The number of amides is 1. The molecule has 2 rings (SSSR count). The zero-order valence-electron chi connectivity index (χ0n) is 13.9. The first-order valence-electron chi connectivity index (χ1n) is 7.33. The fourth-order valence-corrected chi connectivity index (χ4v) is 2.31. The van der Waals surface area contributed by atoms with Crippen LogP contribution in [-0.4, -0.2) is 52.3 Å². The largest absolute Gasteiger partial charge is 0.493 e. The average molecular weight is 321 g/mol. The first-order chi connectivity index (χ1) is 11.1. The normalized spacial score (nSPS) is 14.7. The summed E-state index contributed by atoms with van der Waals surface area (Å²) in [6.07, 6.45) is 2.92. The lowest BCUT2D eigenvalue weighted by Gasteiger charge is -2.23. The van der Waals surface area contributed by atoms with Crippen LogP contribution in [0.25, 0.3) is 0 Å². The van der Waals surface area contributed by atoms with Crippen molar-refractivity contribution < 1.29 is 19.0 Å². The van der Waals surface area contributed by atoms with Crippen LogP contribution in [0.15, 0.2) is 23.9 Å². The Morgan fingerprint density at radius 3 is 2.26 bits per heavy atom. The molecule has 7 nitrogen and oxygen atoms in total. The van der Waals surface area contributed by atoms with Crippen LogP contribution in [0, 0.1) is 0 Å². The Kier molecular flexibility index (Phi) is 5.70. The van der Waals surface area contributed by atoms with Crippen LogP contribution in [-0.2, 0) is 0 Å². The van der Waals surface area contributed by atoms with Crippen molar-refractivity contribution in [3.63, 3.8) is 0 Å². The average Bonchev–Trinajstić information content (AvgIpc) is 2.59. The van der Waals surface area contributed by atoms with E-state index in [9.17, 15) is 4.79 Å². The second-order valence-corrected chi connectivity index (χ2v) is 5.23. The van der Waals surface area contributed by atoms with Gasteiger partial charge in [-0.05, 0) is 25.3 Å². The van der Waals surface area contributed by atoms with Crippen LogP contribution in [0.1, 0.15) is 16.8 Å². The summed E-state index contributed by atoms with van der Waals surface area (Å²) in [4.78, 5) is 14.5. The third-order valence-electron chi connectivity index (χ3n) is 3.68. The minimum Gasteiger partial charge on any atom is -0.493 e. The molecular formula is C16H23N3O4. The van der Waals surface area contributed by atoms with Crippen LogP contribution in [0.3, 0.4) is 0 Å². The highest BCUT2D eigenvalue weighted by Gasteiger charge is 2.17. The molecule has 0 aliphatic carbocycles. The quantitative estimate of drug-likeness (QED) is 0.766. The number of nitrogens with one attached hydrogen (secondary N) is 2. The van der Waals surface area contributed by atoms with Crippen molar-refractivity contribution in [2.45, 2.75) is 6.42 Å². The molecule has 0 fully saturated rings. The summed E-state index contributed by atoms with van der Waals surface area (Å²) in [5.41, 5.74) is 7.08. The molecule has 1 aliphatic heterocycles. The number of hydrogen-bond acceptors (Lipinski definition) is 6. The number of benzene rings is 1. The van der Waals surface area contributed by atoms with Crippen LogP contribution in [0.4, 0.5) is 0 Å². The molecule has 2 N–H and O–H groups in total. The Morgan fingerprint density at radius 2 is 1.78 bits per heavy atom. The van der Waals surface area contributed by atoms with Gasteiger partial charge in [0.15, 0.2) is 11.5 Å². The summed E-state index contributed by atoms with van der Waals surface area (Å²) < 4.78 is 15.8.